The Bertz CT molecular complexity index is 1380. The Morgan fingerprint density at radius 2 is 1.65 bits per heavy atom. The van der Waals surface area contributed by atoms with Gasteiger partial charge in [-0.2, -0.15) is 5.10 Å². The number of rotatable bonds is 11. The number of ether oxygens (including phenoxy) is 4. The van der Waals surface area contributed by atoms with E-state index in [1.165, 1.54) is 35.2 Å². The van der Waals surface area contributed by atoms with E-state index < -0.39 is 23.7 Å². The van der Waals surface area contributed by atoms with Crippen LogP contribution in [0.1, 0.15) is 33.9 Å². The summed E-state index contributed by atoms with van der Waals surface area (Å²) in [6.45, 7) is -0.0496. The van der Waals surface area contributed by atoms with Crippen molar-refractivity contribution in [3.05, 3.63) is 89.2 Å². The third kappa shape index (κ3) is 6.23. The quantitative estimate of drug-likeness (QED) is 0.354. The molecule has 2 amide bonds. The fraction of sp³-hybridized carbons (Fsp3) is 0.300. The fourth-order valence-corrected chi connectivity index (χ4v) is 4.52. The first-order valence-electron chi connectivity index (χ1n) is 12.7. The highest BCUT2D eigenvalue weighted by molar-refractivity contribution is 6.05. The molecule has 0 aliphatic carbocycles. The van der Waals surface area contributed by atoms with Crippen molar-refractivity contribution >= 4 is 17.5 Å². The third-order valence-corrected chi connectivity index (χ3v) is 6.67. The Labute approximate surface area is 232 Å². The summed E-state index contributed by atoms with van der Waals surface area (Å²) in [5.74, 6) is 0.163. The van der Waals surface area contributed by atoms with Gasteiger partial charge in [-0.15, -0.1) is 0 Å². The van der Waals surface area contributed by atoms with E-state index in [0.29, 0.717) is 29.4 Å². The Hall–Kier alpha value is -4.44. The maximum Gasteiger partial charge on any atom is 0.262 e. The maximum absolute atomic E-state index is 14.4. The standard InChI is InChI=1S/C30H32FN3O6/c1-37-16-15-33(30(36)23-7-5-6-8-25(23)31)19-29(35)34-27(20-9-11-21(38-2)12-10-20)18-26(32-34)24-14-13-22(39-3)17-28(24)40-4/h5-14,17,27H,15-16,18-19H2,1-4H3/t27-/m1/s1. The van der Waals surface area contributed by atoms with E-state index >= 15 is 0 Å². The molecule has 1 aliphatic heterocycles. The van der Waals surface area contributed by atoms with E-state index in [2.05, 4.69) is 0 Å². The number of methoxy groups -OCH3 is 4. The average Bonchev–Trinajstić information content (AvgIpc) is 3.44. The van der Waals surface area contributed by atoms with Gasteiger partial charge in [0.2, 0.25) is 0 Å². The van der Waals surface area contributed by atoms with Gasteiger partial charge in [-0.05, 0) is 42.0 Å². The van der Waals surface area contributed by atoms with E-state index in [0.717, 1.165) is 11.1 Å². The van der Waals surface area contributed by atoms with Gasteiger partial charge < -0.3 is 23.8 Å². The number of amides is 2. The van der Waals surface area contributed by atoms with Crippen molar-refractivity contribution in [2.45, 2.75) is 12.5 Å². The van der Waals surface area contributed by atoms with Crippen molar-refractivity contribution in [3.8, 4) is 17.2 Å². The number of hydrazone groups is 1. The van der Waals surface area contributed by atoms with Crippen LogP contribution in [0.2, 0.25) is 0 Å². The molecule has 0 aromatic heterocycles. The molecule has 0 fully saturated rings. The summed E-state index contributed by atoms with van der Waals surface area (Å²) >= 11 is 0. The molecule has 0 spiro atoms. The van der Waals surface area contributed by atoms with Crippen LogP contribution in [-0.2, 0) is 9.53 Å². The lowest BCUT2D eigenvalue weighted by Crippen LogP contribution is -2.43. The van der Waals surface area contributed by atoms with Crippen LogP contribution < -0.4 is 14.2 Å². The summed E-state index contributed by atoms with van der Waals surface area (Å²) in [5.41, 5.74) is 2.07. The molecule has 1 atom stereocenters. The zero-order valence-electron chi connectivity index (χ0n) is 22.9. The minimum atomic E-state index is -0.661. The number of hydrogen-bond donors (Lipinski definition) is 0. The van der Waals surface area contributed by atoms with Crippen LogP contribution in [0, 0.1) is 5.82 Å². The lowest BCUT2D eigenvalue weighted by molar-refractivity contribution is -0.133. The minimum Gasteiger partial charge on any atom is -0.497 e. The zero-order valence-corrected chi connectivity index (χ0v) is 22.9. The van der Waals surface area contributed by atoms with Crippen molar-refractivity contribution < 1.29 is 32.9 Å². The SMILES string of the molecule is COCCN(CC(=O)N1N=C(c2ccc(OC)cc2OC)C[C@@H]1c1ccc(OC)cc1)C(=O)c1ccccc1F. The number of carbonyl (C=O) groups is 2. The van der Waals surface area contributed by atoms with Crippen LogP contribution in [-0.4, -0.2) is 75.6 Å². The minimum absolute atomic E-state index is 0.0966. The van der Waals surface area contributed by atoms with E-state index in [9.17, 15) is 14.0 Å². The first kappa shape index (κ1) is 28.6. The Morgan fingerprint density at radius 3 is 2.30 bits per heavy atom. The van der Waals surface area contributed by atoms with Crippen LogP contribution in [0.5, 0.6) is 17.2 Å². The van der Waals surface area contributed by atoms with Crippen molar-refractivity contribution in [2.75, 3.05) is 48.1 Å². The molecule has 9 nitrogen and oxygen atoms in total. The van der Waals surface area contributed by atoms with Crippen LogP contribution >= 0.6 is 0 Å². The summed E-state index contributed by atoms with van der Waals surface area (Å²) in [4.78, 5) is 28.3. The molecule has 4 rings (SSSR count). The summed E-state index contributed by atoms with van der Waals surface area (Å²) in [7, 11) is 6.20. The topological polar surface area (TPSA) is 89.9 Å². The van der Waals surface area contributed by atoms with Gasteiger partial charge >= 0.3 is 0 Å². The molecular formula is C30H32FN3O6. The van der Waals surface area contributed by atoms with Crippen LogP contribution in [0.3, 0.4) is 0 Å². The van der Waals surface area contributed by atoms with Gasteiger partial charge in [-0.1, -0.05) is 24.3 Å². The lowest BCUT2D eigenvalue weighted by atomic mass is 9.97. The van der Waals surface area contributed by atoms with E-state index in [1.807, 2.05) is 30.3 Å². The number of benzene rings is 3. The number of carbonyl (C=O) groups excluding carboxylic acids is 2. The highest BCUT2D eigenvalue weighted by Gasteiger charge is 2.35. The second-order valence-electron chi connectivity index (χ2n) is 9.04. The molecule has 1 aliphatic rings. The van der Waals surface area contributed by atoms with Gasteiger partial charge in [0.15, 0.2) is 0 Å². The van der Waals surface area contributed by atoms with Crippen molar-refractivity contribution in [2.24, 2.45) is 5.10 Å². The van der Waals surface area contributed by atoms with Crippen LogP contribution in [0.25, 0.3) is 0 Å². The van der Waals surface area contributed by atoms with Gasteiger partial charge in [0.25, 0.3) is 11.8 Å². The molecule has 0 saturated heterocycles. The average molecular weight is 550 g/mol. The molecular weight excluding hydrogens is 517 g/mol. The summed E-state index contributed by atoms with van der Waals surface area (Å²) < 4.78 is 35.8. The third-order valence-electron chi connectivity index (χ3n) is 6.67. The summed E-state index contributed by atoms with van der Waals surface area (Å²) in [5, 5.41) is 6.09. The first-order chi connectivity index (χ1) is 19.4. The predicted molar refractivity (Wildman–Crippen MR) is 147 cm³/mol. The molecule has 1 heterocycles. The van der Waals surface area contributed by atoms with Crippen molar-refractivity contribution in [1.29, 1.82) is 0 Å². The van der Waals surface area contributed by atoms with Gasteiger partial charge in [0.1, 0.15) is 29.6 Å². The van der Waals surface area contributed by atoms with Crippen molar-refractivity contribution in [3.63, 3.8) is 0 Å². The zero-order chi connectivity index (χ0) is 28.6. The second kappa shape index (κ2) is 13.1. The summed E-state index contributed by atoms with van der Waals surface area (Å²) in [6.07, 6.45) is 0.403. The highest BCUT2D eigenvalue weighted by atomic mass is 19.1. The Morgan fingerprint density at radius 1 is 0.950 bits per heavy atom. The van der Waals surface area contributed by atoms with E-state index in [-0.39, 0.29) is 25.3 Å². The molecule has 3 aromatic rings. The number of nitrogens with zero attached hydrogens (tertiary/aromatic N) is 3. The lowest BCUT2D eigenvalue weighted by Gasteiger charge is -2.27. The number of halogens is 1. The van der Waals surface area contributed by atoms with Crippen molar-refractivity contribution in [1.82, 2.24) is 9.91 Å². The van der Waals surface area contributed by atoms with E-state index in [1.54, 1.807) is 39.5 Å². The maximum atomic E-state index is 14.4. The largest absolute Gasteiger partial charge is 0.497 e. The number of hydrogen-bond acceptors (Lipinski definition) is 7. The van der Waals surface area contributed by atoms with E-state index in [4.69, 9.17) is 24.0 Å². The van der Waals surface area contributed by atoms with Gasteiger partial charge in [0, 0.05) is 31.7 Å². The molecule has 3 aromatic carbocycles. The monoisotopic (exact) mass is 549 g/mol. The van der Waals surface area contributed by atoms with Crippen LogP contribution in [0.4, 0.5) is 4.39 Å². The molecule has 0 unspecified atom stereocenters. The predicted octanol–water partition coefficient (Wildman–Crippen LogP) is 4.32. The fourth-order valence-electron chi connectivity index (χ4n) is 4.52. The Balaban J connectivity index is 1.68. The highest BCUT2D eigenvalue weighted by Crippen LogP contribution is 2.36. The van der Waals surface area contributed by atoms with Gasteiger partial charge in [-0.25, -0.2) is 9.40 Å². The second-order valence-corrected chi connectivity index (χ2v) is 9.04. The molecule has 0 radical (unpaired) electrons. The molecule has 0 saturated carbocycles. The molecule has 0 bridgehead atoms. The molecule has 0 N–H and O–H groups in total. The smallest absolute Gasteiger partial charge is 0.262 e. The van der Waals surface area contributed by atoms with Gasteiger partial charge in [-0.3, -0.25) is 9.59 Å². The Kier molecular flexibility index (Phi) is 9.34. The first-order valence-corrected chi connectivity index (χ1v) is 12.7. The molecule has 210 valence electrons. The molecule has 40 heavy (non-hydrogen) atoms. The summed E-state index contributed by atoms with van der Waals surface area (Å²) in [6, 6.07) is 18.0. The van der Waals surface area contributed by atoms with Gasteiger partial charge in [0.05, 0.1) is 45.3 Å². The molecule has 10 heteroatoms. The normalized spacial score (nSPS) is 14.5. The van der Waals surface area contributed by atoms with Crippen LogP contribution in [0.15, 0.2) is 71.8 Å².